The number of hydrogen-bond acceptors (Lipinski definition) is 4. The largest absolute Gasteiger partial charge is 0.462 e. The summed E-state index contributed by atoms with van der Waals surface area (Å²) in [5.74, 6) is -0.316. The van der Waals surface area contributed by atoms with Gasteiger partial charge in [-0.05, 0) is 32.3 Å². The van der Waals surface area contributed by atoms with Gasteiger partial charge in [-0.1, -0.05) is 6.58 Å². The lowest BCUT2D eigenvalue weighted by Crippen LogP contribution is -2.06. The molecule has 0 saturated heterocycles. The predicted octanol–water partition coefficient (Wildman–Crippen LogP) is 0.859. The summed E-state index contributed by atoms with van der Waals surface area (Å²) in [6.45, 7) is 5.55. The van der Waals surface area contributed by atoms with Gasteiger partial charge in [-0.2, -0.15) is 0 Å². The Kier molecular flexibility index (Phi) is 7.23. The third-order valence-corrected chi connectivity index (χ3v) is 2.73. The van der Waals surface area contributed by atoms with Crippen LogP contribution in [0.4, 0.5) is 0 Å². The zero-order valence-electron chi connectivity index (χ0n) is 7.21. The molecule has 0 aliphatic carbocycles. The van der Waals surface area contributed by atoms with Gasteiger partial charge in [0.25, 0.3) is 0 Å². The van der Waals surface area contributed by atoms with Crippen LogP contribution >= 0.6 is 12.9 Å². The van der Waals surface area contributed by atoms with E-state index in [1.807, 2.05) is 0 Å². The van der Waals surface area contributed by atoms with Crippen molar-refractivity contribution in [3.8, 4) is 0 Å². The van der Waals surface area contributed by atoms with Crippen molar-refractivity contribution in [1.82, 2.24) is 0 Å². The Morgan fingerprint density at radius 1 is 1.67 bits per heavy atom. The van der Waals surface area contributed by atoms with Crippen molar-refractivity contribution in [2.75, 3.05) is 6.61 Å². The van der Waals surface area contributed by atoms with Crippen molar-refractivity contribution in [2.45, 2.75) is 19.4 Å². The smallest absolute Gasteiger partial charge is 0.333 e. The molecule has 3 nitrogen and oxygen atoms in total. The second-order valence-corrected chi connectivity index (χ2v) is 4.60. The number of hydrogen-bond donors (Lipinski definition) is 1. The van der Waals surface area contributed by atoms with Crippen LogP contribution in [0.3, 0.4) is 0 Å². The van der Waals surface area contributed by atoms with Crippen LogP contribution in [0.1, 0.15) is 13.3 Å². The maximum Gasteiger partial charge on any atom is 0.333 e. The molecule has 0 spiro atoms. The number of rotatable bonds is 6. The summed E-state index contributed by atoms with van der Waals surface area (Å²) in [6, 6.07) is 0.979. The second kappa shape index (κ2) is 7.39. The van der Waals surface area contributed by atoms with E-state index in [1.54, 1.807) is 6.92 Å². The van der Waals surface area contributed by atoms with Gasteiger partial charge in [-0.3, -0.25) is 0 Å². The fraction of sp³-hybridized carbons (Fsp3) is 0.571. The second-order valence-electron chi connectivity index (χ2n) is 2.46. The number of thiol groups is 1. The highest BCUT2D eigenvalue weighted by Crippen LogP contribution is 1.96. The van der Waals surface area contributed by atoms with Crippen LogP contribution in [0.15, 0.2) is 12.2 Å². The molecular formula is C7H14O3SSi. The first kappa shape index (κ1) is 11.7. The van der Waals surface area contributed by atoms with Crippen LogP contribution < -0.4 is 0 Å². The van der Waals surface area contributed by atoms with E-state index in [2.05, 4.69) is 23.4 Å². The highest BCUT2D eigenvalue weighted by molar-refractivity contribution is 7.75. The van der Waals surface area contributed by atoms with Crippen molar-refractivity contribution < 1.29 is 13.4 Å². The molecule has 0 N–H and O–H groups in total. The normalized spacial score (nSPS) is 10.5. The molecule has 0 atom stereocenters. The molecule has 70 valence electrons. The number of esters is 1. The van der Waals surface area contributed by atoms with Crippen molar-refractivity contribution in [2.24, 2.45) is 0 Å². The maximum atomic E-state index is 10.8. The maximum absolute atomic E-state index is 10.8. The van der Waals surface area contributed by atoms with E-state index in [1.165, 1.54) is 0 Å². The van der Waals surface area contributed by atoms with Gasteiger partial charge in [0.1, 0.15) is 0 Å². The van der Waals surface area contributed by atoms with Crippen LogP contribution in [0.25, 0.3) is 0 Å². The van der Waals surface area contributed by atoms with Crippen LogP contribution in [-0.4, -0.2) is 22.3 Å². The summed E-state index contributed by atoms with van der Waals surface area (Å²) in [7, 11) is -0.492. The molecule has 0 heterocycles. The fourth-order valence-corrected chi connectivity index (χ4v) is 1.48. The SMILES string of the molecule is C=C(C)C(=O)OCCC[SiH2]OS. The van der Waals surface area contributed by atoms with Gasteiger partial charge in [0.15, 0.2) is 9.76 Å². The monoisotopic (exact) mass is 206 g/mol. The molecule has 0 saturated carbocycles. The fourth-order valence-electron chi connectivity index (χ4n) is 0.557. The summed E-state index contributed by atoms with van der Waals surface area (Å²) >= 11 is 3.64. The lowest BCUT2D eigenvalue weighted by atomic mass is 10.4. The Balaban J connectivity index is 3.20. The summed E-state index contributed by atoms with van der Waals surface area (Å²) in [5, 5.41) is 0. The Morgan fingerprint density at radius 3 is 2.83 bits per heavy atom. The standard InChI is InChI=1S/C7H14O3SSi/c1-6(2)7(8)9-4-3-5-12-10-11/h11H,1,3-5,12H2,2H3. The Bertz CT molecular complexity index is 161. The average molecular weight is 206 g/mol. The first-order valence-electron chi connectivity index (χ1n) is 3.77. The van der Waals surface area contributed by atoms with Crippen molar-refractivity contribution in [3.63, 3.8) is 0 Å². The quantitative estimate of drug-likeness (QED) is 0.175. The number of carbonyl (C=O) groups excluding carboxylic acids is 1. The van der Waals surface area contributed by atoms with Gasteiger partial charge < -0.3 is 8.61 Å². The van der Waals surface area contributed by atoms with Gasteiger partial charge >= 0.3 is 5.97 Å². The Labute approximate surface area is 80.7 Å². The first-order chi connectivity index (χ1) is 5.68. The summed E-state index contributed by atoms with van der Waals surface area (Å²) in [5.41, 5.74) is 0.442. The summed E-state index contributed by atoms with van der Waals surface area (Å²) in [6.07, 6.45) is 0.853. The molecule has 0 aliphatic rings. The predicted molar refractivity (Wildman–Crippen MR) is 53.8 cm³/mol. The van der Waals surface area contributed by atoms with Crippen molar-refractivity contribution >= 4 is 28.6 Å². The van der Waals surface area contributed by atoms with E-state index in [9.17, 15) is 4.79 Å². The van der Waals surface area contributed by atoms with Gasteiger partial charge in [0, 0.05) is 5.57 Å². The molecule has 0 aliphatic heterocycles. The zero-order valence-corrected chi connectivity index (χ0v) is 9.52. The number of carbonyl (C=O) groups is 1. The van der Waals surface area contributed by atoms with Crippen LogP contribution in [0.5, 0.6) is 0 Å². The Morgan fingerprint density at radius 2 is 2.33 bits per heavy atom. The number of ether oxygens (including phenoxy) is 1. The molecule has 0 unspecified atom stereocenters. The molecule has 0 aromatic heterocycles. The third kappa shape index (κ3) is 6.45. The molecule has 0 radical (unpaired) electrons. The van der Waals surface area contributed by atoms with Crippen molar-refractivity contribution in [3.05, 3.63) is 12.2 Å². The average Bonchev–Trinajstić information content (AvgIpc) is 2.03. The van der Waals surface area contributed by atoms with E-state index < -0.39 is 9.76 Å². The lowest BCUT2D eigenvalue weighted by molar-refractivity contribution is -0.138. The zero-order chi connectivity index (χ0) is 9.40. The molecule has 12 heavy (non-hydrogen) atoms. The van der Waals surface area contributed by atoms with E-state index in [4.69, 9.17) is 4.74 Å². The third-order valence-electron chi connectivity index (χ3n) is 1.21. The molecule has 0 bridgehead atoms. The van der Waals surface area contributed by atoms with Gasteiger partial charge in [-0.15, -0.1) is 0 Å². The van der Waals surface area contributed by atoms with Crippen LogP contribution in [-0.2, 0) is 13.4 Å². The molecular weight excluding hydrogens is 192 g/mol. The van der Waals surface area contributed by atoms with Crippen LogP contribution in [0, 0.1) is 0 Å². The minimum absolute atomic E-state index is 0.316. The highest BCUT2D eigenvalue weighted by atomic mass is 32.1. The molecule has 5 heteroatoms. The van der Waals surface area contributed by atoms with E-state index in [0.717, 1.165) is 12.5 Å². The van der Waals surface area contributed by atoms with E-state index in [0.29, 0.717) is 12.2 Å². The molecule has 0 aromatic rings. The summed E-state index contributed by atoms with van der Waals surface area (Å²) < 4.78 is 9.52. The molecule has 0 aromatic carbocycles. The molecule has 0 fully saturated rings. The van der Waals surface area contributed by atoms with Crippen molar-refractivity contribution in [1.29, 1.82) is 0 Å². The Hall–Kier alpha value is -0.263. The molecule has 0 rings (SSSR count). The molecule has 0 amide bonds. The van der Waals surface area contributed by atoms with Crippen LogP contribution in [0.2, 0.25) is 6.04 Å². The van der Waals surface area contributed by atoms with Gasteiger partial charge in [-0.25, -0.2) is 4.79 Å². The van der Waals surface area contributed by atoms with E-state index >= 15 is 0 Å². The minimum Gasteiger partial charge on any atom is -0.462 e. The first-order valence-corrected chi connectivity index (χ1v) is 5.71. The minimum atomic E-state index is -0.492. The van der Waals surface area contributed by atoms with Gasteiger partial charge in [0.05, 0.1) is 6.61 Å². The summed E-state index contributed by atoms with van der Waals surface area (Å²) in [4.78, 5) is 10.8. The van der Waals surface area contributed by atoms with E-state index in [-0.39, 0.29) is 5.97 Å². The topological polar surface area (TPSA) is 35.5 Å². The lowest BCUT2D eigenvalue weighted by Gasteiger charge is -2.02. The highest BCUT2D eigenvalue weighted by Gasteiger charge is 2.01. The van der Waals surface area contributed by atoms with Gasteiger partial charge in [0.2, 0.25) is 0 Å².